The molecule has 0 radical (unpaired) electrons. The van der Waals surface area contributed by atoms with E-state index < -0.39 is 11.9 Å². The van der Waals surface area contributed by atoms with Gasteiger partial charge in [0.05, 0.1) is 5.52 Å². The summed E-state index contributed by atoms with van der Waals surface area (Å²) in [4.78, 5) is 29.0. The zero-order valence-electron chi connectivity index (χ0n) is 18.3. The second-order valence-electron chi connectivity index (χ2n) is 8.73. The average molecular weight is 414 g/mol. The summed E-state index contributed by atoms with van der Waals surface area (Å²) in [5.41, 5.74) is 1.40. The first-order valence-electron chi connectivity index (χ1n) is 9.91. The third kappa shape index (κ3) is 6.03. The number of aliphatic carboxylic acids is 2. The first kappa shape index (κ1) is 23.3. The fourth-order valence-electron chi connectivity index (χ4n) is 3.62. The van der Waals surface area contributed by atoms with E-state index in [1.807, 2.05) is 0 Å². The molecule has 162 valence electrons. The van der Waals surface area contributed by atoms with Gasteiger partial charge in [0, 0.05) is 41.7 Å². The molecule has 7 heteroatoms. The van der Waals surface area contributed by atoms with Crippen LogP contribution in [0.5, 0.6) is 0 Å². The summed E-state index contributed by atoms with van der Waals surface area (Å²) in [6.45, 7) is 11.4. The summed E-state index contributed by atoms with van der Waals surface area (Å²) < 4.78 is 0. The number of aromatic nitrogens is 1. The molecule has 1 aliphatic heterocycles. The minimum atomic E-state index is -1.26. The van der Waals surface area contributed by atoms with Crippen molar-refractivity contribution in [3.05, 3.63) is 48.6 Å². The lowest BCUT2D eigenvalue weighted by Gasteiger charge is -2.44. The molecule has 0 aliphatic carbocycles. The van der Waals surface area contributed by atoms with Crippen LogP contribution in [0, 0.1) is 0 Å². The van der Waals surface area contributed by atoms with E-state index in [1.54, 1.807) is 0 Å². The average Bonchev–Trinajstić information content (AvgIpc) is 2.76. The molecule has 30 heavy (non-hydrogen) atoms. The van der Waals surface area contributed by atoms with Crippen LogP contribution in [0.15, 0.2) is 48.6 Å². The van der Waals surface area contributed by atoms with Gasteiger partial charge in [-0.25, -0.2) is 14.6 Å². The van der Waals surface area contributed by atoms with Crippen LogP contribution in [0.2, 0.25) is 0 Å². The number of hydrogen-bond donors (Lipinski definition) is 2. The van der Waals surface area contributed by atoms with E-state index in [0.29, 0.717) is 12.2 Å². The fraction of sp³-hybridized carbons (Fsp3) is 0.435. The number of likely N-dealkylation sites (N-methyl/N-ethyl adjacent to an activating group) is 1. The van der Waals surface area contributed by atoms with Crippen LogP contribution in [0.1, 0.15) is 34.1 Å². The lowest BCUT2D eigenvalue weighted by atomic mass is 9.93. The molecule has 0 unspecified atom stereocenters. The monoisotopic (exact) mass is 413 g/mol. The number of carboxylic acid groups (broad SMARTS) is 2. The van der Waals surface area contributed by atoms with Crippen LogP contribution >= 0.6 is 0 Å². The normalized spacial score (nSPS) is 18.5. The number of fused-ring (bicyclic) bond motifs is 1. The molecule has 1 saturated heterocycles. The Kier molecular flexibility index (Phi) is 7.21. The molecule has 2 aromatic rings. The fourth-order valence-corrected chi connectivity index (χ4v) is 3.62. The SMILES string of the molecule is CN1C(C)(C)CCN(c2ccc3ccccc3n2)CC1(C)C.O=C(O)/C=C/C(=O)O. The van der Waals surface area contributed by atoms with Crippen LogP contribution in [-0.2, 0) is 9.59 Å². The zero-order valence-corrected chi connectivity index (χ0v) is 18.3. The van der Waals surface area contributed by atoms with E-state index in [4.69, 9.17) is 15.2 Å². The van der Waals surface area contributed by atoms with Gasteiger partial charge < -0.3 is 15.1 Å². The van der Waals surface area contributed by atoms with Gasteiger partial charge >= 0.3 is 11.9 Å². The Bertz CT molecular complexity index is 921. The second-order valence-corrected chi connectivity index (χ2v) is 8.73. The van der Waals surface area contributed by atoms with Gasteiger partial charge in [-0.2, -0.15) is 0 Å². The van der Waals surface area contributed by atoms with Crippen molar-refractivity contribution in [1.82, 2.24) is 9.88 Å². The van der Waals surface area contributed by atoms with Crippen molar-refractivity contribution < 1.29 is 19.8 Å². The Morgan fingerprint density at radius 1 is 0.967 bits per heavy atom. The predicted molar refractivity (Wildman–Crippen MR) is 119 cm³/mol. The first-order chi connectivity index (χ1) is 13.9. The lowest BCUT2D eigenvalue weighted by Crippen LogP contribution is -2.54. The van der Waals surface area contributed by atoms with E-state index in [2.05, 4.69) is 80.9 Å². The molecule has 0 amide bonds. The number of benzene rings is 1. The van der Waals surface area contributed by atoms with Crippen molar-refractivity contribution in [1.29, 1.82) is 0 Å². The van der Waals surface area contributed by atoms with E-state index in [1.165, 1.54) is 5.39 Å². The molecule has 1 aromatic heterocycles. The second kappa shape index (κ2) is 9.26. The van der Waals surface area contributed by atoms with Crippen LogP contribution in [0.4, 0.5) is 5.82 Å². The Morgan fingerprint density at radius 2 is 1.57 bits per heavy atom. The van der Waals surface area contributed by atoms with Crippen molar-refractivity contribution >= 4 is 28.7 Å². The summed E-state index contributed by atoms with van der Waals surface area (Å²) in [5, 5.41) is 16.8. The maximum absolute atomic E-state index is 9.55. The molecular weight excluding hydrogens is 382 g/mol. The molecule has 2 heterocycles. The molecule has 1 aliphatic rings. The van der Waals surface area contributed by atoms with Gasteiger partial charge in [-0.3, -0.25) is 4.90 Å². The highest BCUT2D eigenvalue weighted by molar-refractivity contribution is 5.89. The summed E-state index contributed by atoms with van der Waals surface area (Å²) in [6, 6.07) is 12.7. The number of carbonyl (C=O) groups is 2. The van der Waals surface area contributed by atoms with Crippen molar-refractivity contribution in [2.24, 2.45) is 0 Å². The van der Waals surface area contributed by atoms with E-state index in [9.17, 15) is 9.59 Å². The largest absolute Gasteiger partial charge is 0.478 e. The number of rotatable bonds is 3. The highest BCUT2D eigenvalue weighted by atomic mass is 16.4. The van der Waals surface area contributed by atoms with Gasteiger partial charge in [0.25, 0.3) is 0 Å². The van der Waals surface area contributed by atoms with Gasteiger partial charge in [0.1, 0.15) is 5.82 Å². The van der Waals surface area contributed by atoms with E-state index in [0.717, 1.165) is 30.8 Å². The highest BCUT2D eigenvalue weighted by Crippen LogP contribution is 2.32. The molecule has 0 saturated carbocycles. The van der Waals surface area contributed by atoms with Crippen molar-refractivity contribution in [2.45, 2.75) is 45.2 Å². The molecule has 0 bridgehead atoms. The number of nitrogens with zero attached hydrogens (tertiary/aromatic N) is 3. The summed E-state index contributed by atoms with van der Waals surface area (Å²) >= 11 is 0. The van der Waals surface area contributed by atoms with Gasteiger partial charge in [-0.15, -0.1) is 0 Å². The maximum atomic E-state index is 9.55. The molecule has 1 aromatic carbocycles. The number of para-hydroxylation sites is 1. The maximum Gasteiger partial charge on any atom is 0.328 e. The molecule has 3 rings (SSSR count). The summed E-state index contributed by atoms with van der Waals surface area (Å²) in [7, 11) is 2.25. The van der Waals surface area contributed by atoms with Gasteiger partial charge in [-0.1, -0.05) is 18.2 Å². The summed E-state index contributed by atoms with van der Waals surface area (Å²) in [6.07, 6.45) is 2.26. The third-order valence-electron chi connectivity index (χ3n) is 5.66. The molecule has 7 nitrogen and oxygen atoms in total. The summed E-state index contributed by atoms with van der Waals surface area (Å²) in [5.74, 6) is -1.42. The Labute approximate surface area is 177 Å². The lowest BCUT2D eigenvalue weighted by molar-refractivity contribution is -0.134. The predicted octanol–water partition coefficient (Wildman–Crippen LogP) is 3.65. The zero-order chi connectivity index (χ0) is 22.5. The number of anilines is 1. The van der Waals surface area contributed by atoms with Gasteiger partial charge in [-0.05, 0) is 59.4 Å². The minimum Gasteiger partial charge on any atom is -0.478 e. The first-order valence-corrected chi connectivity index (χ1v) is 9.91. The Balaban J connectivity index is 0.000000343. The number of pyridine rings is 1. The van der Waals surface area contributed by atoms with E-state index >= 15 is 0 Å². The molecular formula is C23H31N3O4. The third-order valence-corrected chi connectivity index (χ3v) is 5.66. The van der Waals surface area contributed by atoms with Crippen LogP contribution in [0.3, 0.4) is 0 Å². The number of carboxylic acids is 2. The van der Waals surface area contributed by atoms with E-state index in [-0.39, 0.29) is 11.1 Å². The molecule has 1 fully saturated rings. The Hall–Kier alpha value is -2.93. The molecule has 2 N–H and O–H groups in total. The van der Waals surface area contributed by atoms with Crippen LogP contribution < -0.4 is 4.90 Å². The molecule has 0 atom stereocenters. The number of hydrogen-bond acceptors (Lipinski definition) is 5. The van der Waals surface area contributed by atoms with Crippen LogP contribution in [-0.4, -0.2) is 63.3 Å². The highest BCUT2D eigenvalue weighted by Gasteiger charge is 2.39. The van der Waals surface area contributed by atoms with Gasteiger partial charge in [0.2, 0.25) is 0 Å². The van der Waals surface area contributed by atoms with Crippen molar-refractivity contribution in [3.63, 3.8) is 0 Å². The van der Waals surface area contributed by atoms with Crippen LogP contribution in [0.25, 0.3) is 10.9 Å². The quantitative estimate of drug-likeness (QED) is 0.742. The molecule has 0 spiro atoms. The Morgan fingerprint density at radius 3 is 2.17 bits per heavy atom. The standard InChI is InChI=1S/C19H27N3.C4H4O4/c1-18(2)12-13-22(14-19(3,4)21(18)5)17-11-10-15-8-6-7-9-16(15)20-17;5-3(6)1-2-4(7)8/h6-11H,12-14H2,1-5H3;1-2H,(H,5,6)(H,7,8)/b;2-1+. The van der Waals surface area contributed by atoms with Crippen molar-refractivity contribution in [2.75, 3.05) is 25.0 Å². The minimum absolute atomic E-state index is 0.118. The smallest absolute Gasteiger partial charge is 0.328 e. The topological polar surface area (TPSA) is 94.0 Å². The van der Waals surface area contributed by atoms with Gasteiger partial charge in [0.15, 0.2) is 0 Å². The van der Waals surface area contributed by atoms with Crippen molar-refractivity contribution in [3.8, 4) is 0 Å².